The van der Waals surface area contributed by atoms with Crippen molar-refractivity contribution in [1.29, 1.82) is 0 Å². The van der Waals surface area contributed by atoms with E-state index in [0.29, 0.717) is 42.7 Å². The Balaban J connectivity index is 1.35. The van der Waals surface area contributed by atoms with Gasteiger partial charge in [0.05, 0.1) is 48.9 Å². The number of nitrogens with one attached hydrogen (secondary N) is 1. The number of ketones is 1. The number of allylic oxidation sites excluding steroid dienone is 2. The maximum absolute atomic E-state index is 14.8. The number of ether oxygens (including phenoxy) is 3. The average molecular weight is 752 g/mol. The second-order valence-corrected chi connectivity index (χ2v) is 18.6. The summed E-state index contributed by atoms with van der Waals surface area (Å²) in [5, 5.41) is 0.907. The molecule has 13 heteroatoms. The van der Waals surface area contributed by atoms with Crippen molar-refractivity contribution >= 4 is 44.4 Å². The number of esters is 1. The second kappa shape index (κ2) is 15.0. The zero-order valence-electron chi connectivity index (χ0n) is 31.6. The Kier molecular flexibility index (Phi) is 11.0. The van der Waals surface area contributed by atoms with Crippen molar-refractivity contribution in [3.05, 3.63) is 42.6 Å². The first-order valence-corrected chi connectivity index (χ1v) is 20.4. The van der Waals surface area contributed by atoms with Crippen LogP contribution in [0.4, 0.5) is 0 Å². The first-order chi connectivity index (χ1) is 25.0. The summed E-state index contributed by atoms with van der Waals surface area (Å²) in [7, 11) is -2.28. The highest BCUT2D eigenvalue weighted by atomic mass is 32.2. The van der Waals surface area contributed by atoms with Gasteiger partial charge in [-0.15, -0.1) is 0 Å². The third-order valence-corrected chi connectivity index (χ3v) is 13.0. The average Bonchev–Trinajstić information content (AvgIpc) is 4.01. The normalized spacial score (nSPS) is 30.3. The highest BCUT2D eigenvalue weighted by Crippen LogP contribution is 2.57. The van der Waals surface area contributed by atoms with E-state index < -0.39 is 56.2 Å². The fourth-order valence-electron chi connectivity index (χ4n) is 8.10. The number of methoxy groups -OCH3 is 1. The monoisotopic (exact) mass is 751 g/mol. The number of carbonyl (C=O) groups is 4. The lowest BCUT2D eigenvalue weighted by Crippen LogP contribution is -2.47. The van der Waals surface area contributed by atoms with Gasteiger partial charge in [0.1, 0.15) is 17.5 Å². The number of Topliss-reactive ketones (excluding diaryl/α,β-unsaturated/α-hetero) is 1. The number of nitrogens with zero attached hydrogens (tertiary/aromatic N) is 2. The molecule has 0 bridgehead atoms. The van der Waals surface area contributed by atoms with Gasteiger partial charge in [-0.2, -0.15) is 0 Å². The van der Waals surface area contributed by atoms with Crippen molar-refractivity contribution in [3.8, 4) is 11.6 Å². The number of aromatic nitrogens is 1. The van der Waals surface area contributed by atoms with Gasteiger partial charge in [-0.1, -0.05) is 44.2 Å². The molecule has 2 saturated carbocycles. The van der Waals surface area contributed by atoms with E-state index in [-0.39, 0.29) is 55.3 Å². The van der Waals surface area contributed by atoms with Crippen molar-refractivity contribution in [2.45, 2.75) is 115 Å². The van der Waals surface area contributed by atoms with Gasteiger partial charge in [-0.3, -0.25) is 23.9 Å². The molecule has 12 nitrogen and oxygen atoms in total. The fourth-order valence-corrected chi connectivity index (χ4v) is 9.49. The summed E-state index contributed by atoms with van der Waals surface area (Å²) in [6, 6.07) is 6.53. The molecule has 0 spiro atoms. The molecular formula is C40H53N3O9S. The van der Waals surface area contributed by atoms with Crippen LogP contribution in [0.2, 0.25) is 0 Å². The lowest BCUT2D eigenvalue weighted by atomic mass is 9.82. The molecule has 0 unspecified atom stereocenters. The van der Waals surface area contributed by atoms with E-state index >= 15 is 0 Å². The standard InChI is InChI=1S/C40H53N3O9S/c1-24-11-7-8-12-26-20-40(26,38(47)42-53(48,49)28-15-16-28)21-33(44)32-18-27(51-36-30-14-10-9-13-29(30)34(50-6)22-41-36)23-43(32)37(46)31(25(2)17-24)19-35(45)52-39(3,4)5/h8-10,12-14,22,24-28,31-32H,7,11,15-21,23H2,1-6H3,(H,42,47)/b12-8-/t24-,25+,26+,27+,31-,32-,40+/m0/s1. The Morgan fingerprint density at radius 3 is 2.45 bits per heavy atom. The quantitative estimate of drug-likeness (QED) is 0.269. The summed E-state index contributed by atoms with van der Waals surface area (Å²) >= 11 is 0. The lowest BCUT2D eigenvalue weighted by Gasteiger charge is -2.32. The lowest BCUT2D eigenvalue weighted by molar-refractivity contribution is -0.160. The second-order valence-electron chi connectivity index (χ2n) is 16.7. The number of pyridine rings is 1. The smallest absolute Gasteiger partial charge is 0.307 e. The van der Waals surface area contributed by atoms with E-state index in [4.69, 9.17) is 14.2 Å². The molecule has 7 atom stereocenters. The molecule has 3 heterocycles. The van der Waals surface area contributed by atoms with E-state index in [0.717, 1.165) is 18.2 Å². The van der Waals surface area contributed by atoms with E-state index in [1.807, 2.05) is 43.3 Å². The predicted octanol–water partition coefficient (Wildman–Crippen LogP) is 5.53. The molecule has 0 radical (unpaired) electrons. The van der Waals surface area contributed by atoms with Gasteiger partial charge in [0.2, 0.25) is 27.7 Å². The number of carbonyl (C=O) groups excluding carboxylic acids is 4. The van der Waals surface area contributed by atoms with E-state index in [9.17, 15) is 27.6 Å². The molecule has 1 aromatic carbocycles. The third-order valence-electron chi connectivity index (χ3n) is 11.2. The largest absolute Gasteiger partial charge is 0.494 e. The molecule has 1 N–H and O–H groups in total. The fraction of sp³-hybridized carbons (Fsp3) is 0.625. The van der Waals surface area contributed by atoms with Gasteiger partial charge in [-0.25, -0.2) is 13.4 Å². The van der Waals surface area contributed by atoms with Crippen molar-refractivity contribution < 1.29 is 41.8 Å². The highest BCUT2D eigenvalue weighted by Gasteiger charge is 2.61. The van der Waals surface area contributed by atoms with Crippen LogP contribution in [0.25, 0.3) is 10.8 Å². The summed E-state index contributed by atoms with van der Waals surface area (Å²) in [5.74, 6) is -2.02. The Hall–Kier alpha value is -4.00. The molecule has 2 amide bonds. The Morgan fingerprint density at radius 2 is 1.77 bits per heavy atom. The van der Waals surface area contributed by atoms with Crippen LogP contribution in [0.15, 0.2) is 42.6 Å². The molecule has 2 aliphatic carbocycles. The SMILES string of the molecule is COc1cnc(O[C@@H]2C[C@H]3C(=O)C[C@]4(C(=O)NS(=O)(=O)C5CC5)C[C@H]4/C=C\CC[C@H](C)C[C@@H](C)[C@H](CC(=O)OC(C)(C)C)C(=O)N3C2)c2ccccc12. The summed E-state index contributed by atoms with van der Waals surface area (Å²) in [4.78, 5) is 62.5. The Bertz CT molecular complexity index is 1880. The van der Waals surface area contributed by atoms with Gasteiger partial charge in [0.15, 0.2) is 5.78 Å². The first-order valence-electron chi connectivity index (χ1n) is 18.9. The van der Waals surface area contributed by atoms with Gasteiger partial charge in [0, 0.05) is 23.6 Å². The maximum atomic E-state index is 14.8. The predicted molar refractivity (Wildman–Crippen MR) is 198 cm³/mol. The zero-order chi connectivity index (χ0) is 38.3. The molecule has 3 fully saturated rings. The molecule has 1 saturated heterocycles. The molecule has 1 aromatic heterocycles. The number of rotatable bonds is 8. The third kappa shape index (κ3) is 8.71. The number of benzene rings is 1. The molecular weight excluding hydrogens is 699 g/mol. The minimum Gasteiger partial charge on any atom is -0.494 e. The minimum absolute atomic E-state index is 0.0585. The molecule has 4 aliphatic rings. The number of hydrogen-bond acceptors (Lipinski definition) is 10. The van der Waals surface area contributed by atoms with E-state index in [1.165, 1.54) is 4.90 Å². The van der Waals surface area contributed by atoms with Crippen LogP contribution in [0, 0.1) is 29.1 Å². The van der Waals surface area contributed by atoms with Gasteiger partial charge >= 0.3 is 5.97 Å². The van der Waals surface area contributed by atoms with Crippen LogP contribution in [-0.2, 0) is 33.9 Å². The number of hydrogen-bond donors (Lipinski definition) is 1. The first kappa shape index (κ1) is 38.7. The van der Waals surface area contributed by atoms with Crippen molar-refractivity contribution in [2.75, 3.05) is 13.7 Å². The highest BCUT2D eigenvalue weighted by molar-refractivity contribution is 7.90. The van der Waals surface area contributed by atoms with Crippen molar-refractivity contribution in [2.24, 2.45) is 29.1 Å². The van der Waals surface area contributed by atoms with Crippen LogP contribution in [0.5, 0.6) is 11.6 Å². The summed E-state index contributed by atoms with van der Waals surface area (Å²) < 4.78 is 45.7. The Morgan fingerprint density at radius 1 is 1.06 bits per heavy atom. The molecule has 53 heavy (non-hydrogen) atoms. The van der Waals surface area contributed by atoms with Crippen LogP contribution < -0.4 is 14.2 Å². The summed E-state index contributed by atoms with van der Waals surface area (Å²) in [5.41, 5.74) is -1.99. The molecule has 2 aliphatic heterocycles. The summed E-state index contributed by atoms with van der Waals surface area (Å²) in [6.07, 6.45) is 8.19. The maximum Gasteiger partial charge on any atom is 0.307 e. The van der Waals surface area contributed by atoms with Gasteiger partial charge in [-0.05, 0) is 83.1 Å². The molecule has 2 aromatic rings. The molecule has 6 rings (SSSR count). The number of fused-ring (bicyclic) bond motifs is 3. The van der Waals surface area contributed by atoms with E-state index in [1.54, 1.807) is 34.1 Å². The summed E-state index contributed by atoms with van der Waals surface area (Å²) in [6.45, 7) is 9.49. The number of amides is 2. The minimum atomic E-state index is -3.85. The van der Waals surface area contributed by atoms with Crippen LogP contribution in [-0.4, -0.2) is 78.5 Å². The van der Waals surface area contributed by atoms with E-state index in [2.05, 4.69) is 16.6 Å². The zero-order valence-corrected chi connectivity index (χ0v) is 32.4. The van der Waals surface area contributed by atoms with Crippen molar-refractivity contribution in [3.63, 3.8) is 0 Å². The van der Waals surface area contributed by atoms with Crippen LogP contribution in [0.3, 0.4) is 0 Å². The Labute approximate surface area is 312 Å². The van der Waals surface area contributed by atoms with Crippen LogP contribution >= 0.6 is 0 Å². The van der Waals surface area contributed by atoms with Crippen molar-refractivity contribution in [1.82, 2.24) is 14.6 Å². The topological polar surface area (TPSA) is 158 Å². The van der Waals surface area contributed by atoms with Gasteiger partial charge in [0.25, 0.3) is 0 Å². The van der Waals surface area contributed by atoms with Gasteiger partial charge < -0.3 is 19.1 Å². The number of sulfonamides is 1. The molecule has 288 valence electrons. The van der Waals surface area contributed by atoms with Crippen LogP contribution in [0.1, 0.15) is 92.4 Å².